The fourth-order valence-electron chi connectivity index (χ4n) is 1.34. The second-order valence-electron chi connectivity index (χ2n) is 2.96. The van der Waals surface area contributed by atoms with Crippen molar-refractivity contribution in [2.45, 2.75) is 12.5 Å². The average Bonchev–Trinajstić information content (AvgIpc) is 1.93. The minimum Gasteiger partial charge on any atom is -0.310 e. The average molecular weight is 247 g/mol. The van der Waals surface area contributed by atoms with E-state index in [1.165, 1.54) is 12.0 Å². The molecule has 0 spiro atoms. The zero-order valence-electron chi connectivity index (χ0n) is 6.48. The van der Waals surface area contributed by atoms with Crippen LogP contribution in [0.15, 0.2) is 22.7 Å². The molecule has 0 saturated carbocycles. The molecule has 1 aliphatic heterocycles. The van der Waals surface area contributed by atoms with Crippen LogP contribution in [0.2, 0.25) is 5.02 Å². The zero-order chi connectivity index (χ0) is 8.55. The largest absolute Gasteiger partial charge is 0.310 e. The first-order valence-corrected chi connectivity index (χ1v) is 5.13. The summed E-state index contributed by atoms with van der Waals surface area (Å²) in [6.07, 6.45) is 1.21. The second kappa shape index (κ2) is 3.36. The number of rotatable bonds is 1. The molecule has 1 saturated heterocycles. The molecule has 1 nitrogen and oxygen atoms in total. The van der Waals surface area contributed by atoms with E-state index in [4.69, 9.17) is 11.6 Å². The second-order valence-corrected chi connectivity index (χ2v) is 4.25. The summed E-state index contributed by atoms with van der Waals surface area (Å²) in [4.78, 5) is 0. The van der Waals surface area contributed by atoms with Gasteiger partial charge < -0.3 is 5.32 Å². The Bertz CT molecular complexity index is 297. The quantitative estimate of drug-likeness (QED) is 0.803. The van der Waals surface area contributed by atoms with Gasteiger partial charge in [0.25, 0.3) is 0 Å². The summed E-state index contributed by atoms with van der Waals surface area (Å²) in [5.74, 6) is 0. The van der Waals surface area contributed by atoms with E-state index in [0.29, 0.717) is 6.04 Å². The van der Waals surface area contributed by atoms with Crippen LogP contribution in [0.5, 0.6) is 0 Å². The summed E-state index contributed by atoms with van der Waals surface area (Å²) < 4.78 is 1.14. The van der Waals surface area contributed by atoms with Crippen LogP contribution in [0.3, 0.4) is 0 Å². The van der Waals surface area contributed by atoms with Gasteiger partial charge in [-0.25, -0.2) is 0 Å². The summed E-state index contributed by atoms with van der Waals surface area (Å²) in [5, 5.41) is 4.15. The van der Waals surface area contributed by atoms with Crippen LogP contribution in [0.1, 0.15) is 18.0 Å². The standard InChI is InChI=1S/C9H9BrClN/c10-8-2-1-6(11)5-7(8)9-3-4-12-9/h1-2,5,9,12H,3-4H2. The van der Waals surface area contributed by atoms with Gasteiger partial charge in [-0.15, -0.1) is 0 Å². The highest BCUT2D eigenvalue weighted by Gasteiger charge is 2.20. The Morgan fingerprint density at radius 3 is 2.83 bits per heavy atom. The van der Waals surface area contributed by atoms with E-state index in [9.17, 15) is 0 Å². The van der Waals surface area contributed by atoms with E-state index >= 15 is 0 Å². The lowest BCUT2D eigenvalue weighted by atomic mass is 9.98. The van der Waals surface area contributed by atoms with Gasteiger partial charge in [-0.05, 0) is 36.7 Å². The lowest BCUT2D eigenvalue weighted by molar-refractivity contribution is 0.382. The SMILES string of the molecule is Clc1ccc(Br)c(C2CCN2)c1. The maximum Gasteiger partial charge on any atom is 0.0410 e. The van der Waals surface area contributed by atoms with Gasteiger partial charge in [-0.1, -0.05) is 27.5 Å². The summed E-state index contributed by atoms with van der Waals surface area (Å²) in [6.45, 7) is 1.11. The van der Waals surface area contributed by atoms with E-state index in [0.717, 1.165) is 16.0 Å². The predicted octanol–water partition coefficient (Wildman–Crippen LogP) is 3.14. The lowest BCUT2D eigenvalue weighted by Gasteiger charge is -2.28. The molecule has 1 atom stereocenters. The fraction of sp³-hybridized carbons (Fsp3) is 0.333. The maximum absolute atomic E-state index is 5.89. The Hall–Kier alpha value is -0.0500. The van der Waals surface area contributed by atoms with E-state index in [1.807, 2.05) is 18.2 Å². The van der Waals surface area contributed by atoms with E-state index in [2.05, 4.69) is 21.2 Å². The van der Waals surface area contributed by atoms with Crippen molar-refractivity contribution >= 4 is 27.5 Å². The summed E-state index contributed by atoms with van der Waals surface area (Å²) in [6, 6.07) is 6.41. The number of nitrogens with one attached hydrogen (secondary N) is 1. The van der Waals surface area contributed by atoms with Gasteiger partial charge in [0.2, 0.25) is 0 Å². The third-order valence-corrected chi connectivity index (χ3v) is 3.11. The summed E-state index contributed by atoms with van der Waals surface area (Å²) in [5.41, 5.74) is 1.27. The first-order valence-electron chi connectivity index (χ1n) is 3.96. The third kappa shape index (κ3) is 1.51. The van der Waals surface area contributed by atoms with Crippen LogP contribution >= 0.6 is 27.5 Å². The van der Waals surface area contributed by atoms with Gasteiger partial charge in [-0.3, -0.25) is 0 Å². The third-order valence-electron chi connectivity index (χ3n) is 2.16. The van der Waals surface area contributed by atoms with Crippen LogP contribution in [0.4, 0.5) is 0 Å². The Morgan fingerprint density at radius 1 is 1.50 bits per heavy atom. The molecule has 1 aromatic carbocycles. The minimum absolute atomic E-state index is 0.498. The lowest BCUT2D eigenvalue weighted by Crippen LogP contribution is -2.35. The van der Waals surface area contributed by atoms with Crippen LogP contribution in [-0.4, -0.2) is 6.54 Å². The van der Waals surface area contributed by atoms with Crippen molar-refractivity contribution in [2.24, 2.45) is 0 Å². The van der Waals surface area contributed by atoms with Crippen molar-refractivity contribution < 1.29 is 0 Å². The van der Waals surface area contributed by atoms with E-state index in [1.54, 1.807) is 0 Å². The number of hydrogen-bond donors (Lipinski definition) is 1. The molecule has 64 valence electrons. The smallest absolute Gasteiger partial charge is 0.0410 e. The van der Waals surface area contributed by atoms with Crippen molar-refractivity contribution in [1.82, 2.24) is 5.32 Å². The highest BCUT2D eigenvalue weighted by atomic mass is 79.9. The predicted molar refractivity (Wildman–Crippen MR) is 54.5 cm³/mol. The highest BCUT2D eigenvalue weighted by molar-refractivity contribution is 9.10. The normalized spacial score (nSPS) is 22.0. The molecule has 0 aliphatic carbocycles. The van der Waals surface area contributed by atoms with Crippen molar-refractivity contribution in [3.05, 3.63) is 33.3 Å². The van der Waals surface area contributed by atoms with E-state index in [-0.39, 0.29) is 0 Å². The van der Waals surface area contributed by atoms with Crippen molar-refractivity contribution in [3.63, 3.8) is 0 Å². The van der Waals surface area contributed by atoms with Gasteiger partial charge in [0.15, 0.2) is 0 Å². The molecule has 12 heavy (non-hydrogen) atoms. The molecule has 1 aromatic rings. The Balaban J connectivity index is 2.34. The van der Waals surface area contributed by atoms with Gasteiger partial charge in [-0.2, -0.15) is 0 Å². The maximum atomic E-state index is 5.89. The molecular formula is C9H9BrClN. The summed E-state index contributed by atoms with van der Waals surface area (Å²) in [7, 11) is 0. The number of halogens is 2. The minimum atomic E-state index is 0.498. The Labute approximate surface area is 85.2 Å². The van der Waals surface area contributed by atoms with Crippen molar-refractivity contribution in [3.8, 4) is 0 Å². The molecule has 1 unspecified atom stereocenters. The van der Waals surface area contributed by atoms with Crippen molar-refractivity contribution in [1.29, 1.82) is 0 Å². The highest BCUT2D eigenvalue weighted by Crippen LogP contribution is 2.31. The molecule has 3 heteroatoms. The zero-order valence-corrected chi connectivity index (χ0v) is 8.82. The van der Waals surface area contributed by atoms with Crippen molar-refractivity contribution in [2.75, 3.05) is 6.54 Å². The van der Waals surface area contributed by atoms with E-state index < -0.39 is 0 Å². The van der Waals surface area contributed by atoms with Crippen LogP contribution in [0.25, 0.3) is 0 Å². The molecule has 1 heterocycles. The van der Waals surface area contributed by atoms with Gasteiger partial charge in [0, 0.05) is 15.5 Å². The molecule has 0 bridgehead atoms. The molecule has 1 fully saturated rings. The van der Waals surface area contributed by atoms with Crippen LogP contribution in [-0.2, 0) is 0 Å². The first kappa shape index (κ1) is 8.54. The van der Waals surface area contributed by atoms with Crippen LogP contribution < -0.4 is 5.32 Å². The molecule has 0 amide bonds. The topological polar surface area (TPSA) is 12.0 Å². The Kier molecular flexibility index (Phi) is 2.40. The molecule has 0 radical (unpaired) electrons. The monoisotopic (exact) mass is 245 g/mol. The van der Waals surface area contributed by atoms with Crippen LogP contribution in [0, 0.1) is 0 Å². The number of benzene rings is 1. The first-order chi connectivity index (χ1) is 5.77. The molecule has 1 N–H and O–H groups in total. The van der Waals surface area contributed by atoms with Gasteiger partial charge in [0.1, 0.15) is 0 Å². The number of hydrogen-bond acceptors (Lipinski definition) is 1. The molecule has 1 aliphatic rings. The molecule has 0 aromatic heterocycles. The Morgan fingerprint density at radius 2 is 2.25 bits per heavy atom. The molecular weight excluding hydrogens is 237 g/mol. The van der Waals surface area contributed by atoms with Gasteiger partial charge >= 0.3 is 0 Å². The molecule has 2 rings (SSSR count). The fourth-order valence-corrected chi connectivity index (χ4v) is 2.04. The van der Waals surface area contributed by atoms with Gasteiger partial charge in [0.05, 0.1) is 0 Å². The summed E-state index contributed by atoms with van der Waals surface area (Å²) >= 11 is 9.40.